The number of nitrogens with zero attached hydrogens (tertiary/aromatic N) is 1. The molecule has 3 amide bonds. The molecule has 1 aromatic rings. The number of hydrogen-bond acceptors (Lipinski definition) is 9. The zero-order valence-corrected chi connectivity index (χ0v) is 22.9. The van der Waals surface area contributed by atoms with Gasteiger partial charge in [0, 0.05) is 11.5 Å². The van der Waals surface area contributed by atoms with Gasteiger partial charge in [0.15, 0.2) is 5.78 Å². The molecule has 0 bridgehead atoms. The van der Waals surface area contributed by atoms with Gasteiger partial charge in [-0.2, -0.15) is 23.5 Å². The fourth-order valence-corrected chi connectivity index (χ4v) is 5.08. The summed E-state index contributed by atoms with van der Waals surface area (Å²) in [5.74, 6) is -0.584. The molecule has 3 N–H and O–H groups in total. The highest BCUT2D eigenvalue weighted by Gasteiger charge is 2.50. The molecule has 1 aliphatic heterocycles. The van der Waals surface area contributed by atoms with Crippen molar-refractivity contribution in [2.45, 2.75) is 57.8 Å². The zero-order chi connectivity index (χ0) is 25.5. The van der Waals surface area contributed by atoms with Crippen molar-refractivity contribution >= 4 is 58.4 Å². The standard InChI is InChI=1S/C22H34N4O5S3/c1-12(2)7-14(18(27)22(4)11-31-22)24-19(28)15(9-32-5)25-20(29)16(10-33-6)26-21(30)17-8-23-13(3)34-17/h8,12,14-16H,7,9-11H2,1-6H3,(H,24,28)(H,25,29)(H,26,30)/t14-,15+,16+,22+/m0/s1. The minimum atomic E-state index is -0.857. The summed E-state index contributed by atoms with van der Waals surface area (Å²) < 4.78 is 5.29. The van der Waals surface area contributed by atoms with Gasteiger partial charge in [-0.1, -0.05) is 13.8 Å². The average Bonchev–Trinajstić information content (AvgIpc) is 3.37. The lowest BCUT2D eigenvalue weighted by Crippen LogP contribution is -2.58. The number of hydrogen-bond donors (Lipinski definition) is 3. The van der Waals surface area contributed by atoms with Crippen molar-refractivity contribution in [3.05, 3.63) is 16.1 Å². The normalized spacial score (nSPS) is 19.7. The van der Waals surface area contributed by atoms with Gasteiger partial charge >= 0.3 is 0 Å². The van der Waals surface area contributed by atoms with Gasteiger partial charge in [-0.15, -0.1) is 11.3 Å². The number of amides is 3. The van der Waals surface area contributed by atoms with Crippen LogP contribution in [0.25, 0.3) is 0 Å². The monoisotopic (exact) mass is 530 g/mol. The summed E-state index contributed by atoms with van der Waals surface area (Å²) in [6.07, 6.45) is 5.61. The van der Waals surface area contributed by atoms with E-state index in [9.17, 15) is 19.2 Å². The van der Waals surface area contributed by atoms with Crippen molar-refractivity contribution in [3.63, 3.8) is 0 Å². The summed E-state index contributed by atoms with van der Waals surface area (Å²) in [7, 11) is 0. The molecule has 1 fully saturated rings. The van der Waals surface area contributed by atoms with E-state index in [0.29, 0.717) is 29.4 Å². The summed E-state index contributed by atoms with van der Waals surface area (Å²) >= 11 is 4.05. The van der Waals surface area contributed by atoms with E-state index in [-0.39, 0.29) is 17.6 Å². The predicted molar refractivity (Wildman–Crippen MR) is 138 cm³/mol. The second-order valence-corrected chi connectivity index (χ2v) is 11.9. The third kappa shape index (κ3) is 8.24. The molecule has 2 rings (SSSR count). The van der Waals surface area contributed by atoms with Gasteiger partial charge in [0.25, 0.3) is 5.91 Å². The number of thiazole rings is 1. The van der Waals surface area contributed by atoms with E-state index in [4.69, 9.17) is 4.74 Å². The summed E-state index contributed by atoms with van der Waals surface area (Å²) in [5.41, 5.74) is -0.853. The van der Waals surface area contributed by atoms with Crippen LogP contribution in [0.3, 0.4) is 0 Å². The van der Waals surface area contributed by atoms with Crippen LogP contribution in [0.5, 0.6) is 0 Å². The minimum absolute atomic E-state index is 0.156. The fourth-order valence-electron chi connectivity index (χ4n) is 3.26. The van der Waals surface area contributed by atoms with Crippen LogP contribution in [0.4, 0.5) is 0 Å². The molecule has 0 aliphatic carbocycles. The number of carbonyl (C=O) groups is 4. The smallest absolute Gasteiger partial charge is 0.263 e. The average molecular weight is 531 g/mol. The van der Waals surface area contributed by atoms with Crippen LogP contribution in [-0.4, -0.2) is 82.8 Å². The zero-order valence-electron chi connectivity index (χ0n) is 20.4. The highest BCUT2D eigenvalue weighted by atomic mass is 32.2. The molecular formula is C22H34N4O5S3. The number of nitrogens with one attached hydrogen (secondary N) is 3. The van der Waals surface area contributed by atoms with E-state index in [1.807, 2.05) is 26.4 Å². The van der Waals surface area contributed by atoms with Crippen molar-refractivity contribution < 1.29 is 23.9 Å². The van der Waals surface area contributed by atoms with Gasteiger partial charge in [-0.3, -0.25) is 19.2 Å². The molecule has 1 saturated heterocycles. The van der Waals surface area contributed by atoms with E-state index in [1.54, 1.807) is 13.8 Å². The van der Waals surface area contributed by atoms with Gasteiger partial charge in [-0.25, -0.2) is 4.98 Å². The first-order chi connectivity index (χ1) is 16.0. The molecule has 190 valence electrons. The lowest BCUT2D eigenvalue weighted by Gasteiger charge is -2.26. The van der Waals surface area contributed by atoms with Crippen LogP contribution in [0.15, 0.2) is 6.20 Å². The van der Waals surface area contributed by atoms with Crippen LogP contribution in [0, 0.1) is 12.8 Å². The number of carbonyl (C=O) groups excluding carboxylic acids is 4. The summed E-state index contributed by atoms with van der Waals surface area (Å²) in [6.45, 7) is 7.81. The number of ether oxygens (including phenoxy) is 1. The van der Waals surface area contributed by atoms with Crippen molar-refractivity contribution in [1.82, 2.24) is 20.9 Å². The number of aryl methyl sites for hydroxylation is 1. The Labute approximate surface area is 213 Å². The molecule has 0 unspecified atom stereocenters. The predicted octanol–water partition coefficient (Wildman–Crippen LogP) is 1.65. The Morgan fingerprint density at radius 1 is 1.06 bits per heavy atom. The molecule has 0 saturated carbocycles. The number of epoxide rings is 1. The third-order valence-corrected chi connectivity index (χ3v) is 7.45. The lowest BCUT2D eigenvalue weighted by atomic mass is 9.93. The SMILES string of the molecule is CSC[C@@H](NC(=O)c1cnc(C)s1)C(=O)N[C@H](CSC)C(=O)N[C@@H](CC(C)C)C(=O)[C@@]1(C)CO1. The molecule has 34 heavy (non-hydrogen) atoms. The van der Waals surface area contributed by atoms with Crippen LogP contribution < -0.4 is 16.0 Å². The van der Waals surface area contributed by atoms with Crippen LogP contribution >= 0.6 is 34.9 Å². The minimum Gasteiger partial charge on any atom is -0.361 e. The van der Waals surface area contributed by atoms with E-state index in [2.05, 4.69) is 20.9 Å². The van der Waals surface area contributed by atoms with Crippen molar-refractivity contribution in [3.8, 4) is 0 Å². The van der Waals surface area contributed by atoms with Crippen LogP contribution in [0.1, 0.15) is 41.9 Å². The summed E-state index contributed by atoms with van der Waals surface area (Å²) in [4.78, 5) is 56.1. The van der Waals surface area contributed by atoms with Crippen molar-refractivity contribution in [2.75, 3.05) is 30.6 Å². The molecule has 0 spiro atoms. The molecule has 9 nitrogen and oxygen atoms in total. The first-order valence-corrected chi connectivity index (χ1v) is 14.6. The number of Topliss-reactive ketones (excluding diaryl/α,β-unsaturated/α-hetero) is 1. The molecule has 2 heterocycles. The van der Waals surface area contributed by atoms with E-state index < -0.39 is 35.5 Å². The van der Waals surface area contributed by atoms with E-state index >= 15 is 0 Å². The molecule has 4 atom stereocenters. The first kappa shape index (κ1) is 28.6. The highest BCUT2D eigenvalue weighted by molar-refractivity contribution is 7.98. The fraction of sp³-hybridized carbons (Fsp3) is 0.682. The maximum atomic E-state index is 13.1. The molecule has 1 aliphatic rings. The van der Waals surface area contributed by atoms with E-state index in [0.717, 1.165) is 5.01 Å². The van der Waals surface area contributed by atoms with Gasteiger partial charge in [0.05, 0.1) is 23.9 Å². The largest absolute Gasteiger partial charge is 0.361 e. The number of thioether (sulfide) groups is 2. The molecule has 0 aromatic carbocycles. The molecule has 12 heteroatoms. The quantitative estimate of drug-likeness (QED) is 0.310. The Morgan fingerprint density at radius 2 is 1.59 bits per heavy atom. The molecule has 0 radical (unpaired) electrons. The number of ketones is 1. The van der Waals surface area contributed by atoms with E-state index in [1.165, 1.54) is 41.1 Å². The van der Waals surface area contributed by atoms with Gasteiger partial charge in [-0.05, 0) is 38.7 Å². The van der Waals surface area contributed by atoms with Crippen LogP contribution in [0.2, 0.25) is 0 Å². The topological polar surface area (TPSA) is 130 Å². The number of rotatable bonds is 14. The highest BCUT2D eigenvalue weighted by Crippen LogP contribution is 2.29. The Bertz CT molecular complexity index is 888. The van der Waals surface area contributed by atoms with Crippen LogP contribution in [-0.2, 0) is 19.1 Å². The first-order valence-electron chi connectivity index (χ1n) is 11.0. The second-order valence-electron chi connectivity index (χ2n) is 8.82. The second kappa shape index (κ2) is 12.9. The molecular weight excluding hydrogens is 496 g/mol. The maximum Gasteiger partial charge on any atom is 0.263 e. The summed E-state index contributed by atoms with van der Waals surface area (Å²) in [6, 6.07) is -2.38. The Kier molecular flexibility index (Phi) is 10.8. The molecule has 1 aromatic heterocycles. The lowest BCUT2D eigenvalue weighted by molar-refractivity contribution is -0.133. The van der Waals surface area contributed by atoms with Crippen molar-refractivity contribution in [1.29, 1.82) is 0 Å². The third-order valence-electron chi connectivity index (χ3n) is 5.21. The van der Waals surface area contributed by atoms with Gasteiger partial charge in [0.1, 0.15) is 22.6 Å². The maximum absolute atomic E-state index is 13.1. The van der Waals surface area contributed by atoms with Gasteiger partial charge in [0.2, 0.25) is 11.8 Å². The Balaban J connectivity index is 2.08. The Morgan fingerprint density at radius 3 is 2.03 bits per heavy atom. The summed E-state index contributed by atoms with van der Waals surface area (Å²) in [5, 5.41) is 9.08. The number of aromatic nitrogens is 1. The van der Waals surface area contributed by atoms with Crippen molar-refractivity contribution in [2.24, 2.45) is 5.92 Å². The Hall–Kier alpha value is -1.63. The van der Waals surface area contributed by atoms with Gasteiger partial charge < -0.3 is 20.7 Å².